The van der Waals surface area contributed by atoms with Gasteiger partial charge >= 0.3 is 0 Å². The van der Waals surface area contributed by atoms with E-state index in [0.29, 0.717) is 25.4 Å². The molecule has 0 aliphatic carbocycles. The Kier molecular flexibility index (Phi) is 6.67. The largest absolute Gasteiger partial charge is 0.492 e. The monoisotopic (exact) mass is 389 g/mol. The van der Waals surface area contributed by atoms with Crippen LogP contribution in [-0.4, -0.2) is 70.0 Å². The van der Waals surface area contributed by atoms with Gasteiger partial charge in [-0.2, -0.15) is 4.72 Å². The maximum Gasteiger partial charge on any atom is 0.241 e. The van der Waals surface area contributed by atoms with E-state index in [1.807, 2.05) is 14.0 Å². The maximum atomic E-state index is 12.5. The van der Waals surface area contributed by atoms with Gasteiger partial charge in [-0.15, -0.1) is 0 Å². The molecule has 2 rings (SSSR count). The van der Waals surface area contributed by atoms with Crippen LogP contribution in [0.3, 0.4) is 0 Å². The van der Waals surface area contributed by atoms with Gasteiger partial charge in [0.15, 0.2) is 0 Å². The second-order valence-electron chi connectivity index (χ2n) is 6.00. The van der Waals surface area contributed by atoms with E-state index in [0.717, 1.165) is 13.1 Å². The molecule has 0 radical (unpaired) electrons. The van der Waals surface area contributed by atoms with Gasteiger partial charge in [-0.05, 0) is 39.1 Å². The number of ether oxygens (including phenoxy) is 1. The summed E-state index contributed by atoms with van der Waals surface area (Å²) in [4.78, 5) is 16.3. The van der Waals surface area contributed by atoms with Crippen molar-refractivity contribution >= 4 is 27.5 Å². The molecule has 1 aromatic rings. The zero-order valence-corrected chi connectivity index (χ0v) is 16.2. The van der Waals surface area contributed by atoms with Gasteiger partial charge in [0.1, 0.15) is 5.75 Å². The van der Waals surface area contributed by atoms with Crippen LogP contribution in [0.4, 0.5) is 0 Å². The third-order valence-electron chi connectivity index (χ3n) is 4.03. The van der Waals surface area contributed by atoms with Crippen molar-refractivity contribution in [2.24, 2.45) is 0 Å². The highest BCUT2D eigenvalue weighted by Gasteiger charge is 2.27. The summed E-state index contributed by atoms with van der Waals surface area (Å²) in [5.41, 5.74) is 0. The number of piperazine rings is 1. The summed E-state index contributed by atoms with van der Waals surface area (Å²) in [6.07, 6.45) is 0. The van der Waals surface area contributed by atoms with Crippen molar-refractivity contribution in [2.75, 3.05) is 39.8 Å². The zero-order chi connectivity index (χ0) is 18.6. The van der Waals surface area contributed by atoms with Gasteiger partial charge in [-0.3, -0.25) is 4.79 Å². The standard InChI is InChI=1S/C16H24ClN3O4S/c1-4-24-15-6-5-13(11-14(15)17)25(22,23)18-12(2)16(21)20-9-7-19(3)8-10-20/h5-6,11-12,18H,4,7-10H2,1-3H3/t12-/m1/s1. The van der Waals surface area contributed by atoms with Crippen molar-refractivity contribution in [1.82, 2.24) is 14.5 Å². The molecule has 9 heteroatoms. The highest BCUT2D eigenvalue weighted by Crippen LogP contribution is 2.27. The Morgan fingerprint density at radius 2 is 1.96 bits per heavy atom. The average molecular weight is 390 g/mol. The van der Waals surface area contributed by atoms with Crippen molar-refractivity contribution in [3.8, 4) is 5.75 Å². The third-order valence-corrected chi connectivity index (χ3v) is 5.86. The number of nitrogens with one attached hydrogen (secondary N) is 1. The van der Waals surface area contributed by atoms with Crippen LogP contribution in [0, 0.1) is 0 Å². The molecule has 1 aliphatic heterocycles. The molecule has 7 nitrogen and oxygen atoms in total. The van der Waals surface area contributed by atoms with Gasteiger partial charge in [0.25, 0.3) is 0 Å². The Balaban J connectivity index is 2.07. The molecular weight excluding hydrogens is 366 g/mol. The lowest BCUT2D eigenvalue weighted by Crippen LogP contribution is -2.53. The van der Waals surface area contributed by atoms with Gasteiger partial charge < -0.3 is 14.5 Å². The quantitative estimate of drug-likeness (QED) is 0.790. The lowest BCUT2D eigenvalue weighted by atomic mass is 10.2. The van der Waals surface area contributed by atoms with Crippen LogP contribution < -0.4 is 9.46 Å². The smallest absolute Gasteiger partial charge is 0.241 e. The molecule has 1 fully saturated rings. The van der Waals surface area contributed by atoms with Crippen LogP contribution in [0.15, 0.2) is 23.1 Å². The second-order valence-corrected chi connectivity index (χ2v) is 8.12. The minimum Gasteiger partial charge on any atom is -0.492 e. The summed E-state index contributed by atoms with van der Waals surface area (Å²) in [6.45, 7) is 6.54. The van der Waals surface area contributed by atoms with Crippen LogP contribution in [0.2, 0.25) is 5.02 Å². The van der Waals surface area contributed by atoms with Gasteiger partial charge in [-0.25, -0.2) is 8.42 Å². The number of rotatable bonds is 6. The lowest BCUT2D eigenvalue weighted by Gasteiger charge is -2.34. The summed E-state index contributed by atoms with van der Waals surface area (Å²) in [6, 6.07) is 3.39. The highest BCUT2D eigenvalue weighted by atomic mass is 35.5. The molecule has 0 bridgehead atoms. The average Bonchev–Trinajstić information content (AvgIpc) is 2.56. The minimum atomic E-state index is -3.86. The summed E-state index contributed by atoms with van der Waals surface area (Å²) in [7, 11) is -1.87. The fourth-order valence-corrected chi connectivity index (χ4v) is 4.10. The molecule has 1 N–H and O–H groups in total. The molecule has 0 unspecified atom stereocenters. The summed E-state index contributed by atoms with van der Waals surface area (Å²) in [5.74, 6) is 0.193. The molecule has 1 atom stereocenters. The predicted octanol–water partition coefficient (Wildman–Crippen LogP) is 1.18. The lowest BCUT2D eigenvalue weighted by molar-refractivity contribution is -0.134. The van der Waals surface area contributed by atoms with Crippen LogP contribution in [0.25, 0.3) is 0 Å². The number of carbonyl (C=O) groups is 1. The predicted molar refractivity (Wildman–Crippen MR) is 96.5 cm³/mol. The molecule has 0 aromatic heterocycles. The van der Waals surface area contributed by atoms with Crippen LogP contribution >= 0.6 is 11.6 Å². The van der Waals surface area contributed by atoms with E-state index in [1.165, 1.54) is 18.2 Å². The van der Waals surface area contributed by atoms with Crippen molar-refractivity contribution in [1.29, 1.82) is 0 Å². The third kappa shape index (κ3) is 5.07. The molecule has 25 heavy (non-hydrogen) atoms. The number of benzene rings is 1. The number of amides is 1. The molecule has 1 heterocycles. The van der Waals surface area contributed by atoms with E-state index in [4.69, 9.17) is 16.3 Å². The van der Waals surface area contributed by atoms with E-state index in [-0.39, 0.29) is 15.8 Å². The van der Waals surface area contributed by atoms with E-state index < -0.39 is 16.1 Å². The van der Waals surface area contributed by atoms with Crippen molar-refractivity contribution in [2.45, 2.75) is 24.8 Å². The number of hydrogen-bond acceptors (Lipinski definition) is 5. The first kappa shape index (κ1) is 20.0. The molecule has 1 saturated heterocycles. The minimum absolute atomic E-state index is 0.000944. The summed E-state index contributed by atoms with van der Waals surface area (Å²) >= 11 is 6.05. The number of hydrogen-bond donors (Lipinski definition) is 1. The first-order valence-corrected chi connectivity index (χ1v) is 10.0. The SMILES string of the molecule is CCOc1ccc(S(=O)(=O)N[C@H](C)C(=O)N2CCN(C)CC2)cc1Cl. The van der Waals surface area contributed by atoms with E-state index in [9.17, 15) is 13.2 Å². The van der Waals surface area contributed by atoms with E-state index >= 15 is 0 Å². The summed E-state index contributed by atoms with van der Waals surface area (Å²) < 4.78 is 32.8. The van der Waals surface area contributed by atoms with Crippen molar-refractivity contribution < 1.29 is 17.9 Å². The Morgan fingerprint density at radius 3 is 2.52 bits per heavy atom. The number of sulfonamides is 1. The Bertz CT molecular complexity index is 718. The molecule has 1 amide bonds. The molecule has 0 saturated carbocycles. The number of carbonyl (C=O) groups excluding carboxylic acids is 1. The highest BCUT2D eigenvalue weighted by molar-refractivity contribution is 7.89. The number of nitrogens with zero attached hydrogens (tertiary/aromatic N) is 2. The van der Waals surface area contributed by atoms with Crippen molar-refractivity contribution in [3.05, 3.63) is 23.2 Å². The molecule has 1 aromatic carbocycles. The van der Waals surface area contributed by atoms with Crippen LogP contribution in [-0.2, 0) is 14.8 Å². The topological polar surface area (TPSA) is 78.9 Å². The molecule has 140 valence electrons. The first-order chi connectivity index (χ1) is 11.7. The summed E-state index contributed by atoms with van der Waals surface area (Å²) in [5, 5.41) is 0.211. The van der Waals surface area contributed by atoms with Crippen LogP contribution in [0.1, 0.15) is 13.8 Å². The van der Waals surface area contributed by atoms with Gasteiger partial charge in [0.05, 0.1) is 22.6 Å². The second kappa shape index (κ2) is 8.35. The van der Waals surface area contributed by atoms with E-state index in [1.54, 1.807) is 11.8 Å². The Morgan fingerprint density at radius 1 is 1.32 bits per heavy atom. The van der Waals surface area contributed by atoms with Gasteiger partial charge in [-0.1, -0.05) is 11.6 Å². The van der Waals surface area contributed by atoms with Crippen molar-refractivity contribution in [3.63, 3.8) is 0 Å². The van der Waals surface area contributed by atoms with Crippen LogP contribution in [0.5, 0.6) is 5.75 Å². The Labute approximate surface area is 153 Å². The van der Waals surface area contributed by atoms with Gasteiger partial charge in [0, 0.05) is 26.2 Å². The Hall–Kier alpha value is -1.35. The molecule has 1 aliphatic rings. The normalized spacial score (nSPS) is 17.4. The van der Waals surface area contributed by atoms with E-state index in [2.05, 4.69) is 9.62 Å². The molecular formula is C16H24ClN3O4S. The number of likely N-dealkylation sites (N-methyl/N-ethyl adjacent to an activating group) is 1. The van der Waals surface area contributed by atoms with Gasteiger partial charge in [0.2, 0.25) is 15.9 Å². The first-order valence-electron chi connectivity index (χ1n) is 8.16. The maximum absolute atomic E-state index is 12.5. The zero-order valence-electron chi connectivity index (χ0n) is 14.7. The number of halogens is 1. The fourth-order valence-electron chi connectivity index (χ4n) is 2.57. The fraction of sp³-hybridized carbons (Fsp3) is 0.562. The molecule has 0 spiro atoms.